The number of halogens is 4. The SMILES string of the molecule is Cc1cc(C)[n+](-c2nnc(S(N)(=O)=O)s2)c(C)c1.F[B-](F)(F)F. The van der Waals surface area contributed by atoms with E-state index in [1.807, 2.05) is 37.5 Å². The molecule has 0 atom stereocenters. The van der Waals surface area contributed by atoms with Crippen molar-refractivity contribution in [2.75, 3.05) is 0 Å². The third-order valence-electron chi connectivity index (χ3n) is 2.41. The molecule has 13 heteroatoms. The maximum Gasteiger partial charge on any atom is 0.673 e. The van der Waals surface area contributed by atoms with Crippen molar-refractivity contribution in [3.8, 4) is 5.13 Å². The zero-order valence-corrected chi connectivity index (χ0v) is 13.9. The molecule has 0 amide bonds. The molecule has 0 aliphatic heterocycles. The lowest BCUT2D eigenvalue weighted by atomic mass is 10.2. The van der Waals surface area contributed by atoms with Gasteiger partial charge in [0.2, 0.25) is 0 Å². The van der Waals surface area contributed by atoms with E-state index in [0.29, 0.717) is 5.13 Å². The van der Waals surface area contributed by atoms with Gasteiger partial charge in [0.15, 0.2) is 0 Å². The largest absolute Gasteiger partial charge is 0.673 e. The molecular formula is C10H13BF4N4O2S2. The third kappa shape index (κ3) is 6.19. The first kappa shape index (κ1) is 19.5. The molecule has 0 radical (unpaired) electrons. The van der Waals surface area contributed by atoms with Crippen molar-refractivity contribution < 1.29 is 30.2 Å². The van der Waals surface area contributed by atoms with Crippen molar-refractivity contribution in [1.82, 2.24) is 10.2 Å². The lowest BCUT2D eigenvalue weighted by molar-refractivity contribution is -0.609. The summed E-state index contributed by atoms with van der Waals surface area (Å²) in [5.41, 5.74) is 3.06. The Kier molecular flexibility index (Phi) is 5.82. The molecule has 0 unspecified atom stereocenters. The fourth-order valence-corrected chi connectivity index (χ4v) is 3.36. The van der Waals surface area contributed by atoms with E-state index in [1.165, 1.54) is 0 Å². The molecule has 23 heavy (non-hydrogen) atoms. The molecule has 0 spiro atoms. The van der Waals surface area contributed by atoms with Crippen LogP contribution in [0.2, 0.25) is 0 Å². The van der Waals surface area contributed by atoms with Gasteiger partial charge in [-0.2, -0.15) is 4.57 Å². The Morgan fingerprint density at radius 3 is 1.87 bits per heavy atom. The van der Waals surface area contributed by atoms with Gasteiger partial charge in [-0.05, 0) is 54.9 Å². The van der Waals surface area contributed by atoms with Gasteiger partial charge in [0.25, 0.3) is 14.4 Å². The van der Waals surface area contributed by atoms with Gasteiger partial charge < -0.3 is 17.3 Å². The number of hydrogen-bond acceptors (Lipinski definition) is 5. The summed E-state index contributed by atoms with van der Waals surface area (Å²) in [6.45, 7) is 5.86. The molecule has 0 bridgehead atoms. The van der Waals surface area contributed by atoms with Crippen LogP contribution in [-0.2, 0) is 10.0 Å². The second kappa shape index (κ2) is 6.89. The highest BCUT2D eigenvalue weighted by molar-refractivity contribution is 7.91. The molecule has 0 saturated heterocycles. The molecule has 2 aromatic rings. The topological polar surface area (TPSA) is 89.8 Å². The van der Waals surface area contributed by atoms with Gasteiger partial charge in [0.05, 0.1) is 5.10 Å². The smallest absolute Gasteiger partial charge is 0.418 e. The summed E-state index contributed by atoms with van der Waals surface area (Å²) in [6.07, 6.45) is 0. The maximum absolute atomic E-state index is 11.2. The minimum Gasteiger partial charge on any atom is -0.418 e. The summed E-state index contributed by atoms with van der Waals surface area (Å²) < 4.78 is 63.0. The second-order valence-electron chi connectivity index (χ2n) is 4.54. The Morgan fingerprint density at radius 1 is 1.09 bits per heavy atom. The van der Waals surface area contributed by atoms with E-state index in [4.69, 9.17) is 5.14 Å². The van der Waals surface area contributed by atoms with Crippen LogP contribution >= 0.6 is 11.3 Å². The minimum absolute atomic E-state index is 0.177. The van der Waals surface area contributed by atoms with Gasteiger partial charge in [-0.25, -0.2) is 13.6 Å². The number of pyridine rings is 1. The van der Waals surface area contributed by atoms with E-state index < -0.39 is 17.3 Å². The van der Waals surface area contributed by atoms with Crippen molar-refractivity contribution in [2.24, 2.45) is 5.14 Å². The Bertz CT molecular complexity index is 778. The van der Waals surface area contributed by atoms with Crippen LogP contribution in [0.15, 0.2) is 16.5 Å². The average molecular weight is 372 g/mol. The Balaban J connectivity index is 0.000000463. The molecule has 128 valence electrons. The molecule has 6 nitrogen and oxygen atoms in total. The molecule has 2 rings (SSSR count). The monoisotopic (exact) mass is 372 g/mol. The van der Waals surface area contributed by atoms with Gasteiger partial charge >= 0.3 is 12.4 Å². The predicted octanol–water partition coefficient (Wildman–Crippen LogP) is 1.69. The summed E-state index contributed by atoms with van der Waals surface area (Å²) >= 11 is 0.955. The standard InChI is InChI=1S/C10H13N4O2S2.BF4/c1-6-4-7(2)14(8(3)5-6)9-12-13-10(17-9)18(11,15)16;2-1(3,4)5/h4-5H,1-3H3,(H2,11,15,16);/q+1;-1. The van der Waals surface area contributed by atoms with Crippen molar-refractivity contribution in [2.45, 2.75) is 25.1 Å². The highest BCUT2D eigenvalue weighted by atomic mass is 32.2. The number of aromatic nitrogens is 3. The summed E-state index contributed by atoms with van der Waals surface area (Å²) in [5, 5.41) is 13.0. The second-order valence-corrected chi connectivity index (χ2v) is 7.23. The summed E-state index contributed by atoms with van der Waals surface area (Å²) in [7, 11) is -9.79. The van der Waals surface area contributed by atoms with Crippen LogP contribution in [0.1, 0.15) is 17.0 Å². The molecule has 0 aliphatic carbocycles. The van der Waals surface area contributed by atoms with Gasteiger partial charge in [0.1, 0.15) is 11.4 Å². The number of rotatable bonds is 2. The molecule has 2 N–H and O–H groups in total. The van der Waals surface area contributed by atoms with E-state index >= 15 is 0 Å². The first-order valence-corrected chi connectivity index (χ1v) is 8.39. The van der Waals surface area contributed by atoms with Gasteiger partial charge in [-0.1, -0.05) is 0 Å². The van der Waals surface area contributed by atoms with Gasteiger partial charge in [-0.3, -0.25) is 0 Å². The molecule has 2 aromatic heterocycles. The van der Waals surface area contributed by atoms with Gasteiger partial charge in [0, 0.05) is 0 Å². The van der Waals surface area contributed by atoms with Crippen molar-refractivity contribution in [1.29, 1.82) is 0 Å². The van der Waals surface area contributed by atoms with Gasteiger partial charge in [-0.15, -0.1) is 0 Å². The average Bonchev–Trinajstić information content (AvgIpc) is 2.73. The first-order valence-electron chi connectivity index (χ1n) is 6.03. The van der Waals surface area contributed by atoms with E-state index in [2.05, 4.69) is 10.2 Å². The number of hydrogen-bond donors (Lipinski definition) is 1. The Hall–Kier alpha value is -1.60. The van der Waals surface area contributed by atoms with Crippen LogP contribution in [0.4, 0.5) is 17.3 Å². The summed E-state index contributed by atoms with van der Waals surface area (Å²) in [6, 6.07) is 3.98. The predicted molar refractivity (Wildman–Crippen MR) is 77.2 cm³/mol. The molecule has 0 saturated carbocycles. The van der Waals surface area contributed by atoms with E-state index in [-0.39, 0.29) is 4.34 Å². The Labute approximate surface area is 134 Å². The normalized spacial score (nSPS) is 11.8. The van der Waals surface area contributed by atoms with E-state index in [1.54, 1.807) is 0 Å². The quantitative estimate of drug-likeness (QED) is 0.494. The van der Waals surface area contributed by atoms with Crippen LogP contribution in [-0.4, -0.2) is 25.9 Å². The molecule has 0 fully saturated rings. The molecule has 0 aliphatic rings. The highest BCUT2D eigenvalue weighted by Gasteiger charge is 2.25. The lowest BCUT2D eigenvalue weighted by Gasteiger charge is -2.03. The number of primary sulfonamides is 1. The first-order chi connectivity index (χ1) is 10.3. The number of nitrogens with zero attached hydrogens (tertiary/aromatic N) is 3. The van der Waals surface area contributed by atoms with Crippen LogP contribution in [0, 0.1) is 20.8 Å². The van der Waals surface area contributed by atoms with Crippen molar-refractivity contribution >= 4 is 28.6 Å². The zero-order valence-electron chi connectivity index (χ0n) is 12.3. The minimum atomic E-state index is -6.00. The van der Waals surface area contributed by atoms with E-state index in [9.17, 15) is 25.7 Å². The lowest BCUT2D eigenvalue weighted by Crippen LogP contribution is -2.37. The van der Waals surface area contributed by atoms with Crippen LogP contribution in [0.3, 0.4) is 0 Å². The number of aryl methyl sites for hydroxylation is 3. The van der Waals surface area contributed by atoms with E-state index in [0.717, 1.165) is 28.3 Å². The zero-order chi connectivity index (χ0) is 18.0. The fraction of sp³-hybridized carbons (Fsp3) is 0.300. The van der Waals surface area contributed by atoms with Crippen LogP contribution in [0.5, 0.6) is 0 Å². The third-order valence-corrected chi connectivity index (χ3v) is 4.63. The molecule has 0 aromatic carbocycles. The maximum atomic E-state index is 11.2. The Morgan fingerprint density at radius 2 is 1.52 bits per heavy atom. The molecular weight excluding hydrogens is 359 g/mol. The number of nitrogens with two attached hydrogens (primary N) is 1. The number of sulfonamides is 1. The van der Waals surface area contributed by atoms with Crippen molar-refractivity contribution in [3.63, 3.8) is 0 Å². The highest BCUT2D eigenvalue weighted by Crippen LogP contribution is 2.15. The van der Waals surface area contributed by atoms with Crippen molar-refractivity contribution in [3.05, 3.63) is 29.1 Å². The summed E-state index contributed by atoms with van der Waals surface area (Å²) in [4.78, 5) is 0. The summed E-state index contributed by atoms with van der Waals surface area (Å²) in [5.74, 6) is 0. The fourth-order valence-electron chi connectivity index (χ4n) is 1.82. The van der Waals surface area contributed by atoms with Crippen LogP contribution < -0.4 is 9.71 Å². The van der Waals surface area contributed by atoms with Crippen LogP contribution in [0.25, 0.3) is 5.13 Å². The molecule has 2 heterocycles.